The summed E-state index contributed by atoms with van der Waals surface area (Å²) in [5.41, 5.74) is 0. The summed E-state index contributed by atoms with van der Waals surface area (Å²) < 4.78 is 37.3. The van der Waals surface area contributed by atoms with Gasteiger partial charge in [-0.3, -0.25) is 4.79 Å². The molecule has 1 atom stereocenters. The standard InChI is InChI=1S/C12H20F3N3O3/c1-16-5-3-4-9(16)6-17(2)11(21)18(7-10(19)20)8-12(13,14)15/h9H,3-8H2,1-2H3,(H,19,20). The molecular formula is C12H20F3N3O3. The van der Waals surface area contributed by atoms with Crippen LogP contribution in [0.1, 0.15) is 12.8 Å². The number of nitrogens with zero attached hydrogens (tertiary/aromatic N) is 3. The molecule has 0 saturated carbocycles. The average molecular weight is 311 g/mol. The van der Waals surface area contributed by atoms with Crippen molar-refractivity contribution in [3.63, 3.8) is 0 Å². The van der Waals surface area contributed by atoms with E-state index in [1.54, 1.807) is 0 Å². The SMILES string of the molecule is CN(CC1CCCN1C)C(=O)N(CC(=O)O)CC(F)(F)F. The minimum Gasteiger partial charge on any atom is -0.480 e. The molecule has 0 spiro atoms. The van der Waals surface area contributed by atoms with E-state index < -0.39 is 31.3 Å². The highest BCUT2D eigenvalue weighted by Crippen LogP contribution is 2.19. The van der Waals surface area contributed by atoms with Gasteiger partial charge in [-0.2, -0.15) is 13.2 Å². The van der Waals surface area contributed by atoms with E-state index in [1.165, 1.54) is 7.05 Å². The van der Waals surface area contributed by atoms with E-state index in [1.807, 2.05) is 11.9 Å². The number of alkyl halides is 3. The molecule has 0 bridgehead atoms. The van der Waals surface area contributed by atoms with Gasteiger partial charge in [-0.15, -0.1) is 0 Å². The van der Waals surface area contributed by atoms with Gasteiger partial charge in [0, 0.05) is 19.6 Å². The van der Waals surface area contributed by atoms with Gasteiger partial charge in [0.25, 0.3) is 0 Å². The normalized spacial score (nSPS) is 19.6. The van der Waals surface area contributed by atoms with E-state index >= 15 is 0 Å². The van der Waals surface area contributed by atoms with Gasteiger partial charge >= 0.3 is 18.2 Å². The highest BCUT2D eigenvalue weighted by Gasteiger charge is 2.35. The first-order chi connectivity index (χ1) is 9.60. The Balaban J connectivity index is 2.67. The summed E-state index contributed by atoms with van der Waals surface area (Å²) in [7, 11) is 3.28. The maximum atomic E-state index is 12.4. The number of amides is 2. The second-order valence-corrected chi connectivity index (χ2v) is 5.30. The zero-order valence-corrected chi connectivity index (χ0v) is 12.1. The molecule has 1 saturated heterocycles. The minimum atomic E-state index is -4.63. The number of likely N-dealkylation sites (tertiary alicyclic amines) is 1. The molecule has 1 rings (SSSR count). The first kappa shape index (κ1) is 17.5. The first-order valence-electron chi connectivity index (χ1n) is 6.59. The van der Waals surface area contributed by atoms with Crippen LogP contribution in [0.5, 0.6) is 0 Å². The van der Waals surface area contributed by atoms with Crippen LogP contribution in [0.4, 0.5) is 18.0 Å². The first-order valence-corrected chi connectivity index (χ1v) is 6.59. The third-order valence-corrected chi connectivity index (χ3v) is 3.45. The van der Waals surface area contributed by atoms with Gasteiger partial charge in [-0.05, 0) is 26.4 Å². The number of hydrogen-bond donors (Lipinski definition) is 1. The number of urea groups is 1. The molecule has 0 radical (unpaired) electrons. The van der Waals surface area contributed by atoms with Crippen LogP contribution in [-0.2, 0) is 4.79 Å². The van der Waals surface area contributed by atoms with Crippen molar-refractivity contribution in [2.45, 2.75) is 25.1 Å². The highest BCUT2D eigenvalue weighted by atomic mass is 19.4. The predicted octanol–water partition coefficient (Wildman–Crippen LogP) is 1.08. The molecule has 1 aliphatic rings. The summed E-state index contributed by atoms with van der Waals surface area (Å²) in [5.74, 6) is -1.47. The lowest BCUT2D eigenvalue weighted by Gasteiger charge is -2.31. The second-order valence-electron chi connectivity index (χ2n) is 5.30. The third-order valence-electron chi connectivity index (χ3n) is 3.45. The summed E-state index contributed by atoms with van der Waals surface area (Å²) in [6.45, 7) is -1.37. The summed E-state index contributed by atoms with van der Waals surface area (Å²) in [6, 6.07) is -0.827. The molecular weight excluding hydrogens is 291 g/mol. The van der Waals surface area contributed by atoms with Crippen LogP contribution in [0, 0.1) is 0 Å². The summed E-state index contributed by atoms with van der Waals surface area (Å²) in [5, 5.41) is 8.65. The lowest BCUT2D eigenvalue weighted by atomic mass is 10.2. The van der Waals surface area contributed by atoms with Gasteiger partial charge in [0.05, 0.1) is 0 Å². The Morgan fingerprint density at radius 1 is 1.38 bits per heavy atom. The van der Waals surface area contributed by atoms with Gasteiger partial charge in [0.2, 0.25) is 0 Å². The smallest absolute Gasteiger partial charge is 0.406 e. The molecule has 1 fully saturated rings. The average Bonchev–Trinajstić information content (AvgIpc) is 2.70. The molecule has 1 aliphatic heterocycles. The molecule has 6 nitrogen and oxygen atoms in total. The molecule has 122 valence electrons. The molecule has 9 heteroatoms. The second kappa shape index (κ2) is 6.97. The van der Waals surface area contributed by atoms with Crippen LogP contribution in [0.3, 0.4) is 0 Å². The molecule has 0 aromatic heterocycles. The Morgan fingerprint density at radius 2 is 2.00 bits per heavy atom. The highest BCUT2D eigenvalue weighted by molar-refractivity contribution is 5.80. The van der Waals surface area contributed by atoms with Gasteiger partial charge in [-0.25, -0.2) is 4.79 Å². The van der Waals surface area contributed by atoms with Crippen LogP contribution >= 0.6 is 0 Å². The lowest BCUT2D eigenvalue weighted by molar-refractivity contribution is -0.149. The maximum Gasteiger partial charge on any atom is 0.406 e. The summed E-state index contributed by atoms with van der Waals surface area (Å²) in [6.07, 6.45) is -2.78. The lowest BCUT2D eigenvalue weighted by Crippen LogP contribution is -2.50. The number of aliphatic carboxylic acids is 1. The molecule has 0 aromatic carbocycles. The molecule has 1 heterocycles. The van der Waals surface area contributed by atoms with Crippen molar-refractivity contribution in [1.29, 1.82) is 0 Å². The van der Waals surface area contributed by atoms with Gasteiger partial charge in [-0.1, -0.05) is 0 Å². The predicted molar refractivity (Wildman–Crippen MR) is 68.9 cm³/mol. The van der Waals surface area contributed by atoms with Crippen molar-refractivity contribution >= 4 is 12.0 Å². The number of carbonyl (C=O) groups is 2. The Kier molecular flexibility index (Phi) is 5.82. The van der Waals surface area contributed by atoms with Crippen molar-refractivity contribution in [3.05, 3.63) is 0 Å². The van der Waals surface area contributed by atoms with Gasteiger partial charge < -0.3 is 19.8 Å². The minimum absolute atomic E-state index is 0.0940. The largest absolute Gasteiger partial charge is 0.480 e. The van der Waals surface area contributed by atoms with Crippen LogP contribution < -0.4 is 0 Å². The monoisotopic (exact) mass is 311 g/mol. The van der Waals surface area contributed by atoms with Crippen molar-refractivity contribution in [2.24, 2.45) is 0 Å². The van der Waals surface area contributed by atoms with Crippen LogP contribution in [0.15, 0.2) is 0 Å². The topological polar surface area (TPSA) is 64.1 Å². The zero-order valence-electron chi connectivity index (χ0n) is 12.1. The van der Waals surface area contributed by atoms with E-state index in [0.29, 0.717) is 4.90 Å². The Morgan fingerprint density at radius 3 is 2.43 bits per heavy atom. The molecule has 1 N–H and O–H groups in total. The number of carbonyl (C=O) groups excluding carboxylic acids is 1. The Hall–Kier alpha value is -1.51. The van der Waals surface area contributed by atoms with Crippen LogP contribution in [0.2, 0.25) is 0 Å². The number of carboxylic acids is 1. The number of hydrogen-bond acceptors (Lipinski definition) is 3. The number of rotatable bonds is 5. The van der Waals surface area contributed by atoms with Crippen molar-refractivity contribution in [3.8, 4) is 0 Å². The summed E-state index contributed by atoms with van der Waals surface area (Å²) >= 11 is 0. The van der Waals surface area contributed by atoms with Crippen molar-refractivity contribution in [1.82, 2.24) is 14.7 Å². The molecule has 1 unspecified atom stereocenters. The number of halogens is 3. The maximum absolute atomic E-state index is 12.4. The Bertz CT molecular complexity index is 390. The molecule has 0 aliphatic carbocycles. The quantitative estimate of drug-likeness (QED) is 0.825. The molecule has 0 aromatic rings. The Labute approximate surface area is 121 Å². The third kappa shape index (κ3) is 5.78. The van der Waals surface area contributed by atoms with E-state index in [9.17, 15) is 22.8 Å². The van der Waals surface area contributed by atoms with Crippen LogP contribution in [-0.4, -0.2) is 84.3 Å². The van der Waals surface area contributed by atoms with E-state index in [2.05, 4.69) is 0 Å². The van der Waals surface area contributed by atoms with E-state index in [-0.39, 0.29) is 12.6 Å². The van der Waals surface area contributed by atoms with Gasteiger partial charge in [0.15, 0.2) is 0 Å². The molecule has 2 amide bonds. The molecule has 21 heavy (non-hydrogen) atoms. The van der Waals surface area contributed by atoms with E-state index in [0.717, 1.165) is 24.3 Å². The zero-order chi connectivity index (χ0) is 16.2. The van der Waals surface area contributed by atoms with Crippen molar-refractivity contribution in [2.75, 3.05) is 40.3 Å². The van der Waals surface area contributed by atoms with E-state index in [4.69, 9.17) is 5.11 Å². The van der Waals surface area contributed by atoms with Gasteiger partial charge in [0.1, 0.15) is 13.1 Å². The fourth-order valence-electron chi connectivity index (χ4n) is 2.42. The fraction of sp³-hybridized carbons (Fsp3) is 0.833. The fourth-order valence-corrected chi connectivity index (χ4v) is 2.42. The summed E-state index contributed by atoms with van der Waals surface area (Å²) in [4.78, 5) is 26.1. The number of likely N-dealkylation sites (N-methyl/N-ethyl adjacent to an activating group) is 2. The van der Waals surface area contributed by atoms with Crippen molar-refractivity contribution < 1.29 is 27.9 Å². The number of carboxylic acid groups (broad SMARTS) is 1. The van der Waals surface area contributed by atoms with Crippen LogP contribution in [0.25, 0.3) is 0 Å².